The van der Waals surface area contributed by atoms with Gasteiger partial charge in [0.25, 0.3) is 5.91 Å². The number of ether oxygens (including phenoxy) is 1. The van der Waals surface area contributed by atoms with E-state index in [1.54, 1.807) is 19.2 Å². The van der Waals surface area contributed by atoms with E-state index in [9.17, 15) is 9.90 Å². The minimum atomic E-state index is -0.186. The molecule has 0 aliphatic rings. The summed E-state index contributed by atoms with van der Waals surface area (Å²) in [5.41, 5.74) is 0.460. The summed E-state index contributed by atoms with van der Waals surface area (Å²) in [7, 11) is 1.64. The van der Waals surface area contributed by atoms with Gasteiger partial charge >= 0.3 is 0 Å². The molecule has 0 aromatic heterocycles. The quantitative estimate of drug-likeness (QED) is 0.600. The van der Waals surface area contributed by atoms with Crippen LogP contribution in [-0.2, 0) is 4.74 Å². The average molecular weight is 238 g/mol. The fourth-order valence-electron chi connectivity index (χ4n) is 1.31. The number of nitrogens with one attached hydrogen (secondary N) is 2. The molecule has 17 heavy (non-hydrogen) atoms. The molecule has 1 amide bonds. The normalized spacial score (nSPS) is 10.2. The zero-order chi connectivity index (χ0) is 12.5. The van der Waals surface area contributed by atoms with Gasteiger partial charge in [0.1, 0.15) is 5.75 Å². The Morgan fingerprint density at radius 3 is 2.88 bits per heavy atom. The molecule has 0 unspecified atom stereocenters. The Morgan fingerprint density at radius 1 is 1.35 bits per heavy atom. The second-order valence-corrected chi connectivity index (χ2v) is 3.55. The highest BCUT2D eigenvalue weighted by atomic mass is 16.5. The van der Waals surface area contributed by atoms with Crippen LogP contribution < -0.4 is 10.6 Å². The fourth-order valence-corrected chi connectivity index (χ4v) is 1.31. The number of phenolic OH excluding ortho intramolecular Hbond substituents is 1. The van der Waals surface area contributed by atoms with Crippen molar-refractivity contribution >= 4 is 5.91 Å². The number of amides is 1. The minimum absolute atomic E-state index is 0.0934. The lowest BCUT2D eigenvalue weighted by atomic mass is 10.2. The molecule has 5 heteroatoms. The maximum absolute atomic E-state index is 11.6. The largest absolute Gasteiger partial charge is 0.508 e. The van der Waals surface area contributed by atoms with Crippen molar-refractivity contribution in [2.75, 3.05) is 33.4 Å². The van der Waals surface area contributed by atoms with E-state index in [-0.39, 0.29) is 11.7 Å². The molecule has 94 valence electrons. The standard InChI is InChI=1S/C12H18N2O3/c1-17-8-7-13-5-6-14-12(16)10-3-2-4-11(15)9-10/h2-4,9,13,15H,5-8H2,1H3,(H,14,16). The Morgan fingerprint density at radius 2 is 2.18 bits per heavy atom. The highest BCUT2D eigenvalue weighted by molar-refractivity contribution is 5.94. The number of carbonyl (C=O) groups is 1. The van der Waals surface area contributed by atoms with E-state index < -0.39 is 0 Å². The summed E-state index contributed by atoms with van der Waals surface area (Å²) in [6.45, 7) is 2.64. The number of methoxy groups -OCH3 is 1. The maximum atomic E-state index is 11.6. The molecule has 0 bridgehead atoms. The number of phenols is 1. The van der Waals surface area contributed by atoms with Crippen LogP contribution in [0.4, 0.5) is 0 Å². The predicted octanol–water partition coefficient (Wildman–Crippen LogP) is 0.358. The zero-order valence-electron chi connectivity index (χ0n) is 9.90. The van der Waals surface area contributed by atoms with E-state index in [1.165, 1.54) is 12.1 Å². The molecule has 0 aliphatic carbocycles. The molecule has 1 aromatic rings. The van der Waals surface area contributed by atoms with Crippen LogP contribution in [0.25, 0.3) is 0 Å². The average Bonchev–Trinajstić information content (AvgIpc) is 2.33. The summed E-state index contributed by atoms with van der Waals surface area (Å²) in [4.78, 5) is 11.6. The first-order valence-corrected chi connectivity index (χ1v) is 5.51. The molecule has 5 nitrogen and oxygen atoms in total. The van der Waals surface area contributed by atoms with E-state index in [0.717, 1.165) is 6.54 Å². The van der Waals surface area contributed by atoms with Gasteiger partial charge in [-0.05, 0) is 18.2 Å². The zero-order valence-corrected chi connectivity index (χ0v) is 9.90. The Bertz CT molecular complexity index is 355. The second-order valence-electron chi connectivity index (χ2n) is 3.55. The maximum Gasteiger partial charge on any atom is 0.251 e. The molecule has 0 saturated heterocycles. The first-order chi connectivity index (χ1) is 8.24. The lowest BCUT2D eigenvalue weighted by molar-refractivity contribution is 0.0953. The van der Waals surface area contributed by atoms with Crippen molar-refractivity contribution in [2.24, 2.45) is 0 Å². The van der Waals surface area contributed by atoms with Crippen LogP contribution in [0.3, 0.4) is 0 Å². The Balaban J connectivity index is 2.21. The van der Waals surface area contributed by atoms with Gasteiger partial charge in [-0.1, -0.05) is 6.07 Å². The van der Waals surface area contributed by atoms with Crippen LogP contribution in [0.5, 0.6) is 5.75 Å². The molecule has 0 heterocycles. The minimum Gasteiger partial charge on any atom is -0.508 e. The molecule has 0 atom stereocenters. The van der Waals surface area contributed by atoms with Crippen molar-refractivity contribution in [2.45, 2.75) is 0 Å². The molecule has 0 aliphatic heterocycles. The van der Waals surface area contributed by atoms with Crippen molar-refractivity contribution in [1.82, 2.24) is 10.6 Å². The van der Waals surface area contributed by atoms with Gasteiger partial charge in [-0.15, -0.1) is 0 Å². The van der Waals surface area contributed by atoms with Crippen molar-refractivity contribution < 1.29 is 14.6 Å². The Hall–Kier alpha value is -1.59. The molecule has 3 N–H and O–H groups in total. The van der Waals surface area contributed by atoms with Gasteiger partial charge in [-0.3, -0.25) is 4.79 Å². The number of hydrogen-bond donors (Lipinski definition) is 3. The van der Waals surface area contributed by atoms with Crippen molar-refractivity contribution in [1.29, 1.82) is 0 Å². The van der Waals surface area contributed by atoms with Gasteiger partial charge in [0, 0.05) is 32.3 Å². The fraction of sp³-hybridized carbons (Fsp3) is 0.417. The van der Waals surface area contributed by atoms with E-state index in [0.29, 0.717) is 25.3 Å². The summed E-state index contributed by atoms with van der Waals surface area (Å²) in [5, 5.41) is 15.1. The number of rotatable bonds is 7. The summed E-state index contributed by atoms with van der Waals surface area (Å²) in [6.07, 6.45) is 0. The van der Waals surface area contributed by atoms with Gasteiger partial charge in [0.2, 0.25) is 0 Å². The molecule has 0 spiro atoms. The van der Waals surface area contributed by atoms with Crippen molar-refractivity contribution in [3.05, 3.63) is 29.8 Å². The third-order valence-electron chi connectivity index (χ3n) is 2.18. The lowest BCUT2D eigenvalue weighted by Crippen LogP contribution is -2.33. The SMILES string of the molecule is COCCNCCNC(=O)c1cccc(O)c1. The van der Waals surface area contributed by atoms with Crippen LogP contribution in [-0.4, -0.2) is 44.4 Å². The van der Waals surface area contributed by atoms with Crippen LogP contribution in [0, 0.1) is 0 Å². The number of benzene rings is 1. The van der Waals surface area contributed by atoms with Gasteiger partial charge in [-0.2, -0.15) is 0 Å². The molecular formula is C12H18N2O3. The molecular weight excluding hydrogens is 220 g/mol. The summed E-state index contributed by atoms with van der Waals surface area (Å²) in [5.74, 6) is -0.0923. The van der Waals surface area contributed by atoms with Crippen LogP contribution in [0.15, 0.2) is 24.3 Å². The van der Waals surface area contributed by atoms with Crippen LogP contribution >= 0.6 is 0 Å². The van der Waals surface area contributed by atoms with Crippen LogP contribution in [0.1, 0.15) is 10.4 Å². The van der Waals surface area contributed by atoms with Gasteiger partial charge in [0.15, 0.2) is 0 Å². The molecule has 0 saturated carbocycles. The smallest absolute Gasteiger partial charge is 0.251 e. The van der Waals surface area contributed by atoms with E-state index in [4.69, 9.17) is 4.74 Å². The first-order valence-electron chi connectivity index (χ1n) is 5.51. The van der Waals surface area contributed by atoms with Gasteiger partial charge in [0.05, 0.1) is 6.61 Å². The number of aromatic hydroxyl groups is 1. The highest BCUT2D eigenvalue weighted by Gasteiger charge is 2.04. The van der Waals surface area contributed by atoms with Crippen molar-refractivity contribution in [3.63, 3.8) is 0 Å². The molecule has 0 radical (unpaired) electrons. The second kappa shape index (κ2) is 7.65. The molecule has 0 fully saturated rings. The monoisotopic (exact) mass is 238 g/mol. The Labute approximate surface area is 101 Å². The lowest BCUT2D eigenvalue weighted by Gasteiger charge is -2.06. The first kappa shape index (κ1) is 13.5. The predicted molar refractivity (Wildman–Crippen MR) is 65.2 cm³/mol. The van der Waals surface area contributed by atoms with Gasteiger partial charge < -0.3 is 20.5 Å². The van der Waals surface area contributed by atoms with E-state index in [2.05, 4.69) is 10.6 Å². The van der Waals surface area contributed by atoms with Gasteiger partial charge in [-0.25, -0.2) is 0 Å². The highest BCUT2D eigenvalue weighted by Crippen LogP contribution is 2.10. The summed E-state index contributed by atoms with van der Waals surface area (Å²) < 4.78 is 4.87. The number of hydrogen-bond acceptors (Lipinski definition) is 4. The third-order valence-corrected chi connectivity index (χ3v) is 2.18. The van der Waals surface area contributed by atoms with E-state index >= 15 is 0 Å². The number of carbonyl (C=O) groups excluding carboxylic acids is 1. The summed E-state index contributed by atoms with van der Waals surface area (Å²) >= 11 is 0. The third kappa shape index (κ3) is 5.33. The molecule has 1 aromatic carbocycles. The Kier molecular flexibility index (Phi) is 6.06. The topological polar surface area (TPSA) is 70.6 Å². The summed E-state index contributed by atoms with van der Waals surface area (Å²) in [6, 6.07) is 6.27. The van der Waals surface area contributed by atoms with Crippen LogP contribution in [0.2, 0.25) is 0 Å². The molecule has 1 rings (SSSR count). The van der Waals surface area contributed by atoms with E-state index in [1.807, 2.05) is 0 Å². The van der Waals surface area contributed by atoms with Crippen molar-refractivity contribution in [3.8, 4) is 5.75 Å².